The van der Waals surface area contributed by atoms with Crippen molar-refractivity contribution in [2.24, 2.45) is 0 Å². The predicted molar refractivity (Wildman–Crippen MR) is 77.2 cm³/mol. The molecule has 0 bridgehead atoms. The van der Waals surface area contributed by atoms with Gasteiger partial charge in [-0.2, -0.15) is 0 Å². The summed E-state index contributed by atoms with van der Waals surface area (Å²) in [5, 5.41) is 2.67. The molecule has 1 aromatic carbocycles. The van der Waals surface area contributed by atoms with Gasteiger partial charge in [-0.25, -0.2) is 13.1 Å². The first-order valence-corrected chi connectivity index (χ1v) is 7.89. The van der Waals surface area contributed by atoms with Crippen LogP contribution in [0.5, 0.6) is 5.75 Å². The fourth-order valence-corrected chi connectivity index (χ4v) is 2.08. The number of ether oxygens (including phenoxy) is 1. The molecule has 4 N–H and O–H groups in total. The van der Waals surface area contributed by atoms with Crippen molar-refractivity contribution in [3.63, 3.8) is 0 Å². The number of carbonyl (C=O) groups excluding carboxylic acids is 1. The molecular formula is C12H19N3O4S. The van der Waals surface area contributed by atoms with E-state index in [1.807, 2.05) is 0 Å². The summed E-state index contributed by atoms with van der Waals surface area (Å²) in [6, 6.07) is 4.94. The zero-order chi connectivity index (χ0) is 15.2. The molecule has 0 saturated heterocycles. The topological polar surface area (TPSA) is 111 Å². The lowest BCUT2D eigenvalue weighted by Gasteiger charge is -2.10. The molecule has 0 atom stereocenters. The summed E-state index contributed by atoms with van der Waals surface area (Å²) in [6.07, 6.45) is 1.57. The first kappa shape index (κ1) is 16.3. The van der Waals surface area contributed by atoms with Crippen LogP contribution < -0.4 is 20.5 Å². The number of methoxy groups -OCH3 is 1. The molecule has 0 aliphatic heterocycles. The lowest BCUT2D eigenvalue weighted by Crippen LogP contribution is -2.29. The minimum absolute atomic E-state index is 0.271. The second-order valence-corrected chi connectivity index (χ2v) is 6.03. The van der Waals surface area contributed by atoms with E-state index in [1.165, 1.54) is 7.11 Å². The monoisotopic (exact) mass is 301 g/mol. The molecule has 112 valence electrons. The van der Waals surface area contributed by atoms with Crippen LogP contribution in [0.25, 0.3) is 0 Å². The second-order valence-electron chi connectivity index (χ2n) is 4.20. The van der Waals surface area contributed by atoms with Crippen LogP contribution >= 0.6 is 0 Å². The molecule has 20 heavy (non-hydrogen) atoms. The quantitative estimate of drug-likeness (QED) is 0.483. The predicted octanol–water partition coefficient (Wildman–Crippen LogP) is -0.0535. The smallest absolute Gasteiger partial charge is 0.253 e. The standard InChI is InChI=1S/C12H19N3O4S/c1-19-10-6-3-5-9(11(10)13)12(16)14-7-4-8-15-20(2,17)18/h3,5-6,15H,4,7-8,13H2,1-2H3,(H,14,16). The van der Waals surface area contributed by atoms with Crippen molar-refractivity contribution in [3.05, 3.63) is 23.8 Å². The van der Waals surface area contributed by atoms with Crippen molar-refractivity contribution in [3.8, 4) is 5.75 Å². The third-order valence-electron chi connectivity index (χ3n) is 2.53. The molecule has 1 amide bonds. The third kappa shape index (κ3) is 5.06. The number of amides is 1. The van der Waals surface area contributed by atoms with Crippen LogP contribution in [-0.4, -0.2) is 40.8 Å². The van der Waals surface area contributed by atoms with E-state index in [1.54, 1.807) is 18.2 Å². The molecule has 0 unspecified atom stereocenters. The summed E-state index contributed by atoms with van der Waals surface area (Å²) in [4.78, 5) is 11.9. The van der Waals surface area contributed by atoms with Gasteiger partial charge in [0.25, 0.3) is 5.91 Å². The molecule has 0 saturated carbocycles. The van der Waals surface area contributed by atoms with Crippen LogP contribution in [0.3, 0.4) is 0 Å². The zero-order valence-corrected chi connectivity index (χ0v) is 12.3. The van der Waals surface area contributed by atoms with Crippen LogP contribution in [-0.2, 0) is 10.0 Å². The maximum absolute atomic E-state index is 11.9. The van der Waals surface area contributed by atoms with Crippen molar-refractivity contribution in [1.82, 2.24) is 10.0 Å². The summed E-state index contributed by atoms with van der Waals surface area (Å²) >= 11 is 0. The molecule has 0 aliphatic carbocycles. The molecule has 0 aromatic heterocycles. The Morgan fingerprint density at radius 1 is 1.35 bits per heavy atom. The number of hydrogen-bond acceptors (Lipinski definition) is 5. The van der Waals surface area contributed by atoms with Gasteiger partial charge in [-0.15, -0.1) is 0 Å². The van der Waals surface area contributed by atoms with Gasteiger partial charge in [0.2, 0.25) is 10.0 Å². The number of carbonyl (C=O) groups is 1. The lowest BCUT2D eigenvalue weighted by molar-refractivity contribution is 0.0954. The van der Waals surface area contributed by atoms with Crippen LogP contribution in [0, 0.1) is 0 Å². The number of anilines is 1. The molecule has 0 aliphatic rings. The largest absolute Gasteiger partial charge is 0.495 e. The van der Waals surface area contributed by atoms with Gasteiger partial charge in [-0.1, -0.05) is 6.07 Å². The fourth-order valence-electron chi connectivity index (χ4n) is 1.56. The highest BCUT2D eigenvalue weighted by Gasteiger charge is 2.12. The van der Waals surface area contributed by atoms with Gasteiger partial charge in [0, 0.05) is 13.1 Å². The van der Waals surface area contributed by atoms with E-state index in [0.717, 1.165) is 6.26 Å². The van der Waals surface area contributed by atoms with Crippen molar-refractivity contribution >= 4 is 21.6 Å². The average Bonchev–Trinajstić information content (AvgIpc) is 2.37. The Kier molecular flexibility index (Phi) is 5.78. The Balaban J connectivity index is 2.48. The van der Waals surface area contributed by atoms with Crippen LogP contribution in [0.2, 0.25) is 0 Å². The minimum Gasteiger partial charge on any atom is -0.495 e. The molecular weight excluding hydrogens is 282 g/mol. The van der Waals surface area contributed by atoms with E-state index in [2.05, 4.69) is 10.0 Å². The molecule has 0 fully saturated rings. The Labute approximate surface area is 118 Å². The van der Waals surface area contributed by atoms with Crippen molar-refractivity contribution in [2.45, 2.75) is 6.42 Å². The van der Waals surface area contributed by atoms with E-state index in [0.29, 0.717) is 24.3 Å². The highest BCUT2D eigenvalue weighted by atomic mass is 32.2. The van der Waals surface area contributed by atoms with Crippen molar-refractivity contribution < 1.29 is 17.9 Å². The van der Waals surface area contributed by atoms with Gasteiger partial charge in [0.1, 0.15) is 5.75 Å². The van der Waals surface area contributed by atoms with Gasteiger partial charge in [-0.3, -0.25) is 4.79 Å². The fraction of sp³-hybridized carbons (Fsp3) is 0.417. The molecule has 0 heterocycles. The second kappa shape index (κ2) is 7.11. The summed E-state index contributed by atoms with van der Waals surface area (Å²) < 4.78 is 29.0. The normalized spacial score (nSPS) is 11.1. The molecule has 8 heteroatoms. The third-order valence-corrected chi connectivity index (χ3v) is 3.26. The van der Waals surface area contributed by atoms with Crippen LogP contribution in [0.4, 0.5) is 5.69 Å². The van der Waals surface area contributed by atoms with Gasteiger partial charge >= 0.3 is 0 Å². The zero-order valence-electron chi connectivity index (χ0n) is 11.5. The van der Waals surface area contributed by atoms with Crippen LogP contribution in [0.15, 0.2) is 18.2 Å². The molecule has 1 aromatic rings. The SMILES string of the molecule is COc1cccc(C(=O)NCCCNS(C)(=O)=O)c1N. The van der Waals surface area contributed by atoms with E-state index in [-0.39, 0.29) is 18.1 Å². The summed E-state index contributed by atoms with van der Waals surface area (Å²) in [7, 11) is -1.72. The maximum atomic E-state index is 11.9. The van der Waals surface area contributed by atoms with Crippen molar-refractivity contribution in [2.75, 3.05) is 32.2 Å². The molecule has 0 radical (unpaired) electrons. The van der Waals surface area contributed by atoms with Gasteiger partial charge < -0.3 is 15.8 Å². The van der Waals surface area contributed by atoms with Crippen molar-refractivity contribution in [1.29, 1.82) is 0 Å². The first-order chi connectivity index (χ1) is 9.35. The molecule has 7 nitrogen and oxygen atoms in total. The summed E-state index contributed by atoms with van der Waals surface area (Å²) in [5.74, 6) is 0.122. The number of nitrogens with two attached hydrogens (primary N) is 1. The highest BCUT2D eigenvalue weighted by molar-refractivity contribution is 7.88. The lowest BCUT2D eigenvalue weighted by atomic mass is 10.1. The Hall–Kier alpha value is -1.80. The number of sulfonamides is 1. The van der Waals surface area contributed by atoms with E-state index < -0.39 is 10.0 Å². The number of hydrogen-bond donors (Lipinski definition) is 3. The number of nitrogens with one attached hydrogen (secondary N) is 2. The van der Waals surface area contributed by atoms with E-state index in [9.17, 15) is 13.2 Å². The van der Waals surface area contributed by atoms with Crippen LogP contribution in [0.1, 0.15) is 16.8 Å². The number of benzene rings is 1. The first-order valence-electron chi connectivity index (χ1n) is 6.00. The number of para-hydroxylation sites is 1. The number of rotatable bonds is 7. The Morgan fingerprint density at radius 2 is 2.05 bits per heavy atom. The minimum atomic E-state index is -3.19. The van der Waals surface area contributed by atoms with Gasteiger partial charge in [0.15, 0.2) is 0 Å². The van der Waals surface area contributed by atoms with Gasteiger partial charge in [0.05, 0.1) is 24.6 Å². The summed E-state index contributed by atoms with van der Waals surface area (Å²) in [5.41, 5.74) is 6.42. The average molecular weight is 301 g/mol. The van der Waals surface area contributed by atoms with E-state index >= 15 is 0 Å². The molecule has 0 spiro atoms. The Morgan fingerprint density at radius 3 is 2.65 bits per heavy atom. The Bertz CT molecular complexity index is 572. The highest BCUT2D eigenvalue weighted by Crippen LogP contribution is 2.24. The van der Waals surface area contributed by atoms with E-state index in [4.69, 9.17) is 10.5 Å². The number of nitrogen functional groups attached to an aromatic ring is 1. The van der Waals surface area contributed by atoms with Gasteiger partial charge in [-0.05, 0) is 18.6 Å². The maximum Gasteiger partial charge on any atom is 0.253 e. The molecule has 1 rings (SSSR count). The summed E-state index contributed by atoms with van der Waals surface area (Å²) in [6.45, 7) is 0.616.